The Bertz CT molecular complexity index is 247. The quantitative estimate of drug-likeness (QED) is 0.764. The Hall–Kier alpha value is -0.640. The van der Waals surface area contributed by atoms with Gasteiger partial charge in [0.05, 0.1) is 0 Å². The van der Waals surface area contributed by atoms with E-state index in [9.17, 15) is 0 Å². The molecule has 0 aliphatic rings. The second kappa shape index (κ2) is 5.17. The average Bonchev–Trinajstić information content (AvgIpc) is 2.48. The van der Waals surface area contributed by atoms with Crippen LogP contribution in [-0.2, 0) is 0 Å². The molecule has 0 radical (unpaired) electrons. The zero-order valence-corrected chi connectivity index (χ0v) is 9.24. The molecular formula is C9H17N3S. The summed E-state index contributed by atoms with van der Waals surface area (Å²) in [4.78, 5) is 7.34. The van der Waals surface area contributed by atoms with Gasteiger partial charge in [-0.1, -0.05) is 0 Å². The number of imidazole rings is 1. The van der Waals surface area contributed by atoms with Crippen molar-refractivity contribution in [2.45, 2.75) is 26.3 Å². The first-order valence-corrected chi connectivity index (χ1v) is 5.89. The minimum Gasteiger partial charge on any atom is -0.353 e. The van der Waals surface area contributed by atoms with E-state index in [2.05, 4.69) is 28.5 Å². The number of aryl methyl sites for hydroxylation is 1. The van der Waals surface area contributed by atoms with Gasteiger partial charge in [0.1, 0.15) is 0 Å². The van der Waals surface area contributed by atoms with Crippen molar-refractivity contribution in [1.29, 1.82) is 0 Å². The van der Waals surface area contributed by atoms with Gasteiger partial charge in [0.25, 0.3) is 0 Å². The maximum absolute atomic E-state index is 4.19. The van der Waals surface area contributed by atoms with Crippen LogP contribution in [0.3, 0.4) is 0 Å². The number of hydrogen-bond acceptors (Lipinski definition) is 3. The number of H-pyrrole nitrogens is 1. The van der Waals surface area contributed by atoms with Gasteiger partial charge in [0.2, 0.25) is 0 Å². The molecule has 1 rings (SSSR count). The van der Waals surface area contributed by atoms with Crippen LogP contribution in [0, 0.1) is 6.92 Å². The molecule has 1 heterocycles. The molecular weight excluding hydrogens is 182 g/mol. The number of aromatic nitrogens is 2. The third kappa shape index (κ3) is 3.72. The van der Waals surface area contributed by atoms with Crippen molar-refractivity contribution in [3.05, 3.63) is 11.9 Å². The molecule has 4 heteroatoms. The lowest BCUT2D eigenvalue weighted by Crippen LogP contribution is -2.16. The molecule has 1 unspecified atom stereocenters. The highest BCUT2D eigenvalue weighted by Crippen LogP contribution is 2.06. The number of aromatic amines is 1. The molecule has 1 atom stereocenters. The molecule has 0 aliphatic carbocycles. The average molecular weight is 199 g/mol. The van der Waals surface area contributed by atoms with Gasteiger partial charge in [-0.15, -0.1) is 0 Å². The smallest absolute Gasteiger partial charge is 0.200 e. The maximum atomic E-state index is 4.19. The lowest BCUT2D eigenvalue weighted by Gasteiger charge is -2.11. The van der Waals surface area contributed by atoms with Crippen LogP contribution >= 0.6 is 11.8 Å². The van der Waals surface area contributed by atoms with E-state index in [1.54, 1.807) is 0 Å². The van der Waals surface area contributed by atoms with Crippen LogP contribution < -0.4 is 5.32 Å². The van der Waals surface area contributed by atoms with Crippen LogP contribution in [0.15, 0.2) is 6.20 Å². The van der Waals surface area contributed by atoms with Gasteiger partial charge >= 0.3 is 0 Å². The first-order chi connectivity index (χ1) is 6.22. The second-order valence-electron chi connectivity index (χ2n) is 3.24. The molecule has 13 heavy (non-hydrogen) atoms. The molecule has 0 fully saturated rings. The maximum Gasteiger partial charge on any atom is 0.200 e. The third-order valence-corrected chi connectivity index (χ3v) is 2.48. The van der Waals surface area contributed by atoms with Gasteiger partial charge in [-0.3, -0.25) is 0 Å². The van der Waals surface area contributed by atoms with Gasteiger partial charge in [0.15, 0.2) is 5.95 Å². The van der Waals surface area contributed by atoms with Crippen molar-refractivity contribution in [2.24, 2.45) is 0 Å². The topological polar surface area (TPSA) is 40.7 Å². The van der Waals surface area contributed by atoms with E-state index < -0.39 is 0 Å². The Labute approximate surface area is 83.7 Å². The molecule has 0 aliphatic heterocycles. The van der Waals surface area contributed by atoms with E-state index >= 15 is 0 Å². The Morgan fingerprint density at radius 2 is 2.46 bits per heavy atom. The van der Waals surface area contributed by atoms with Gasteiger partial charge in [0, 0.05) is 17.9 Å². The molecule has 2 N–H and O–H groups in total. The summed E-state index contributed by atoms with van der Waals surface area (Å²) in [5.41, 5.74) is 1.10. The highest BCUT2D eigenvalue weighted by atomic mass is 32.2. The molecule has 3 nitrogen and oxygen atoms in total. The third-order valence-electron chi connectivity index (χ3n) is 1.84. The van der Waals surface area contributed by atoms with Crippen molar-refractivity contribution in [3.8, 4) is 0 Å². The zero-order chi connectivity index (χ0) is 9.68. The number of nitrogens with zero attached hydrogens (tertiary/aromatic N) is 1. The summed E-state index contributed by atoms with van der Waals surface area (Å²) in [6, 6.07) is 0.484. The van der Waals surface area contributed by atoms with Gasteiger partial charge in [-0.25, -0.2) is 4.98 Å². The zero-order valence-electron chi connectivity index (χ0n) is 8.42. The van der Waals surface area contributed by atoms with Crippen molar-refractivity contribution in [1.82, 2.24) is 9.97 Å². The number of anilines is 1. The molecule has 0 spiro atoms. The summed E-state index contributed by atoms with van der Waals surface area (Å²) in [6.07, 6.45) is 5.13. The van der Waals surface area contributed by atoms with Crippen LogP contribution in [0.2, 0.25) is 0 Å². The summed E-state index contributed by atoms with van der Waals surface area (Å²) in [5.74, 6) is 2.07. The Morgan fingerprint density at radius 3 is 3.00 bits per heavy atom. The summed E-state index contributed by atoms with van der Waals surface area (Å²) in [6.45, 7) is 4.18. The van der Waals surface area contributed by atoms with Crippen LogP contribution in [0.1, 0.15) is 19.0 Å². The highest BCUT2D eigenvalue weighted by Gasteiger charge is 2.02. The van der Waals surface area contributed by atoms with E-state index in [0.29, 0.717) is 6.04 Å². The number of hydrogen-bond donors (Lipinski definition) is 2. The summed E-state index contributed by atoms with van der Waals surface area (Å²) in [5, 5.41) is 3.32. The molecule has 0 aromatic carbocycles. The number of nitrogens with one attached hydrogen (secondary N) is 2. The Kier molecular flexibility index (Phi) is 4.15. The van der Waals surface area contributed by atoms with Crippen molar-refractivity contribution in [2.75, 3.05) is 17.3 Å². The van der Waals surface area contributed by atoms with E-state index in [0.717, 1.165) is 11.6 Å². The summed E-state index contributed by atoms with van der Waals surface area (Å²) >= 11 is 1.88. The minimum atomic E-state index is 0.484. The molecule has 74 valence electrons. The number of thioether (sulfide) groups is 1. The SMILES string of the molecule is CSCCC(C)Nc1ncc(C)[nH]1. The van der Waals surface area contributed by atoms with Gasteiger partial charge < -0.3 is 10.3 Å². The van der Waals surface area contributed by atoms with Crippen molar-refractivity contribution < 1.29 is 0 Å². The standard InChI is InChI=1S/C9H17N3S/c1-7(4-5-13-3)11-9-10-6-8(2)12-9/h6-7H,4-5H2,1-3H3,(H2,10,11,12). The predicted octanol–water partition coefficient (Wildman–Crippen LogP) is 2.27. The molecule has 0 saturated carbocycles. The van der Waals surface area contributed by atoms with Crippen LogP contribution in [0.25, 0.3) is 0 Å². The fraction of sp³-hybridized carbons (Fsp3) is 0.667. The fourth-order valence-electron chi connectivity index (χ4n) is 1.09. The first-order valence-electron chi connectivity index (χ1n) is 4.49. The second-order valence-corrected chi connectivity index (χ2v) is 4.23. The summed E-state index contributed by atoms with van der Waals surface area (Å²) in [7, 11) is 0. The largest absolute Gasteiger partial charge is 0.353 e. The van der Waals surface area contributed by atoms with Crippen molar-refractivity contribution in [3.63, 3.8) is 0 Å². The first kappa shape index (κ1) is 10.4. The predicted molar refractivity (Wildman–Crippen MR) is 59.4 cm³/mol. The van der Waals surface area contributed by atoms with Crippen LogP contribution in [0.4, 0.5) is 5.95 Å². The van der Waals surface area contributed by atoms with E-state index in [4.69, 9.17) is 0 Å². The monoisotopic (exact) mass is 199 g/mol. The van der Waals surface area contributed by atoms with Crippen LogP contribution in [0.5, 0.6) is 0 Å². The van der Waals surface area contributed by atoms with E-state index in [1.165, 1.54) is 12.2 Å². The molecule has 1 aromatic rings. The molecule has 1 aromatic heterocycles. The van der Waals surface area contributed by atoms with E-state index in [-0.39, 0.29) is 0 Å². The molecule has 0 amide bonds. The fourth-order valence-corrected chi connectivity index (χ4v) is 1.68. The van der Waals surface area contributed by atoms with Crippen molar-refractivity contribution >= 4 is 17.7 Å². The lowest BCUT2D eigenvalue weighted by atomic mass is 10.3. The Morgan fingerprint density at radius 1 is 1.69 bits per heavy atom. The van der Waals surface area contributed by atoms with E-state index in [1.807, 2.05) is 24.9 Å². The molecule has 0 bridgehead atoms. The number of rotatable bonds is 5. The summed E-state index contributed by atoms with van der Waals surface area (Å²) < 4.78 is 0. The van der Waals surface area contributed by atoms with Gasteiger partial charge in [-0.2, -0.15) is 11.8 Å². The lowest BCUT2D eigenvalue weighted by molar-refractivity contribution is 0.763. The van der Waals surface area contributed by atoms with Gasteiger partial charge in [-0.05, 0) is 32.3 Å². The highest BCUT2D eigenvalue weighted by molar-refractivity contribution is 7.98. The normalized spacial score (nSPS) is 12.8. The Balaban J connectivity index is 2.31. The van der Waals surface area contributed by atoms with Crippen LogP contribution in [-0.4, -0.2) is 28.0 Å². The molecule has 0 saturated heterocycles. The minimum absolute atomic E-state index is 0.484.